The fourth-order valence-corrected chi connectivity index (χ4v) is 2.26. The molecule has 3 nitrogen and oxygen atoms in total. The van der Waals surface area contributed by atoms with Crippen LogP contribution >= 0.6 is 0 Å². The molecule has 100 valence electrons. The molecular weight excluding hydrogens is 212 g/mol. The van der Waals surface area contributed by atoms with Gasteiger partial charge in [0.25, 0.3) is 0 Å². The SMILES string of the molecule is CCC(C)C(C)NCCC(=O)N1CCCCC1. The van der Waals surface area contributed by atoms with Gasteiger partial charge in [-0.15, -0.1) is 0 Å². The van der Waals surface area contributed by atoms with Crippen LogP contribution in [0.15, 0.2) is 0 Å². The van der Waals surface area contributed by atoms with E-state index in [9.17, 15) is 4.79 Å². The van der Waals surface area contributed by atoms with E-state index in [1.165, 1.54) is 25.7 Å². The Bertz CT molecular complexity index is 224. The molecule has 17 heavy (non-hydrogen) atoms. The first-order valence-corrected chi connectivity index (χ1v) is 7.16. The van der Waals surface area contributed by atoms with Gasteiger partial charge in [-0.3, -0.25) is 4.79 Å². The van der Waals surface area contributed by atoms with Crippen LogP contribution in [0.5, 0.6) is 0 Å². The molecule has 3 heteroatoms. The molecule has 0 spiro atoms. The smallest absolute Gasteiger partial charge is 0.223 e. The highest BCUT2D eigenvalue weighted by atomic mass is 16.2. The molecule has 1 heterocycles. The molecule has 0 aromatic heterocycles. The normalized spacial score (nSPS) is 20.1. The predicted molar refractivity (Wildman–Crippen MR) is 72.0 cm³/mol. The van der Waals surface area contributed by atoms with E-state index in [4.69, 9.17) is 0 Å². The van der Waals surface area contributed by atoms with Gasteiger partial charge in [0.05, 0.1) is 0 Å². The summed E-state index contributed by atoms with van der Waals surface area (Å²) in [6, 6.07) is 0.508. The lowest BCUT2D eigenvalue weighted by molar-refractivity contribution is -0.132. The summed E-state index contributed by atoms with van der Waals surface area (Å²) in [5, 5.41) is 3.46. The predicted octanol–water partition coefficient (Wildman–Crippen LogP) is 2.41. The van der Waals surface area contributed by atoms with Gasteiger partial charge in [-0.1, -0.05) is 20.3 Å². The number of nitrogens with zero attached hydrogens (tertiary/aromatic N) is 1. The van der Waals surface area contributed by atoms with Crippen LogP contribution in [-0.2, 0) is 4.79 Å². The number of likely N-dealkylation sites (tertiary alicyclic amines) is 1. The highest BCUT2D eigenvalue weighted by molar-refractivity contribution is 5.76. The minimum absolute atomic E-state index is 0.327. The summed E-state index contributed by atoms with van der Waals surface area (Å²) < 4.78 is 0. The molecule has 0 aromatic rings. The highest BCUT2D eigenvalue weighted by Crippen LogP contribution is 2.10. The second-order valence-corrected chi connectivity index (χ2v) is 5.32. The molecule has 2 unspecified atom stereocenters. The van der Waals surface area contributed by atoms with E-state index in [0.717, 1.165) is 19.6 Å². The first-order chi connectivity index (χ1) is 8.15. The largest absolute Gasteiger partial charge is 0.343 e. The fraction of sp³-hybridized carbons (Fsp3) is 0.929. The zero-order valence-corrected chi connectivity index (χ0v) is 11.7. The molecule has 1 aliphatic heterocycles. The number of piperidine rings is 1. The van der Waals surface area contributed by atoms with Crippen LogP contribution in [0.1, 0.15) is 52.9 Å². The van der Waals surface area contributed by atoms with Crippen LogP contribution in [-0.4, -0.2) is 36.5 Å². The van der Waals surface area contributed by atoms with Gasteiger partial charge in [0.15, 0.2) is 0 Å². The number of nitrogens with one attached hydrogen (secondary N) is 1. The molecule has 1 fully saturated rings. The van der Waals surface area contributed by atoms with E-state index < -0.39 is 0 Å². The summed E-state index contributed by atoms with van der Waals surface area (Å²) in [6.07, 6.45) is 5.49. The van der Waals surface area contributed by atoms with E-state index in [1.54, 1.807) is 0 Å². The van der Waals surface area contributed by atoms with Crippen molar-refractivity contribution < 1.29 is 4.79 Å². The van der Waals surface area contributed by atoms with Gasteiger partial charge in [0.1, 0.15) is 0 Å². The number of rotatable bonds is 6. The van der Waals surface area contributed by atoms with Crippen molar-refractivity contribution in [1.82, 2.24) is 10.2 Å². The third-order valence-electron chi connectivity index (χ3n) is 4.01. The second-order valence-electron chi connectivity index (χ2n) is 5.32. The Hall–Kier alpha value is -0.570. The van der Waals surface area contributed by atoms with Crippen molar-refractivity contribution in [2.45, 2.75) is 58.9 Å². The number of carbonyl (C=O) groups is 1. The quantitative estimate of drug-likeness (QED) is 0.773. The molecule has 1 rings (SSSR count). The summed E-state index contributed by atoms with van der Waals surface area (Å²) in [6.45, 7) is 9.44. The van der Waals surface area contributed by atoms with E-state index >= 15 is 0 Å². The lowest BCUT2D eigenvalue weighted by Gasteiger charge is -2.27. The number of hydrogen-bond acceptors (Lipinski definition) is 2. The third-order valence-corrected chi connectivity index (χ3v) is 4.01. The molecule has 0 bridgehead atoms. The lowest BCUT2D eigenvalue weighted by Crippen LogP contribution is -2.39. The minimum atomic E-state index is 0.327. The first kappa shape index (κ1) is 14.5. The standard InChI is InChI=1S/C14H28N2O/c1-4-12(2)13(3)15-9-8-14(17)16-10-6-5-7-11-16/h12-13,15H,4-11H2,1-3H3. The molecule has 1 N–H and O–H groups in total. The number of amides is 1. The molecule has 2 atom stereocenters. The van der Waals surface area contributed by atoms with E-state index in [0.29, 0.717) is 24.3 Å². The maximum Gasteiger partial charge on any atom is 0.223 e. The average Bonchev–Trinajstić information content (AvgIpc) is 2.38. The van der Waals surface area contributed by atoms with E-state index in [2.05, 4.69) is 26.1 Å². The van der Waals surface area contributed by atoms with E-state index in [-0.39, 0.29) is 0 Å². The zero-order chi connectivity index (χ0) is 12.7. The van der Waals surface area contributed by atoms with Gasteiger partial charge in [-0.05, 0) is 32.1 Å². The Morgan fingerprint density at radius 1 is 1.24 bits per heavy atom. The summed E-state index contributed by atoms with van der Waals surface area (Å²) in [5.41, 5.74) is 0. The Balaban J connectivity index is 2.15. The van der Waals surface area contributed by atoms with Gasteiger partial charge in [-0.2, -0.15) is 0 Å². The van der Waals surface area contributed by atoms with Crippen LogP contribution < -0.4 is 5.32 Å². The van der Waals surface area contributed by atoms with Crippen molar-refractivity contribution in [3.8, 4) is 0 Å². The van der Waals surface area contributed by atoms with Crippen LogP contribution in [0.4, 0.5) is 0 Å². The minimum Gasteiger partial charge on any atom is -0.343 e. The fourth-order valence-electron chi connectivity index (χ4n) is 2.26. The number of carbonyl (C=O) groups excluding carboxylic acids is 1. The second kappa shape index (κ2) is 7.70. The summed E-state index contributed by atoms with van der Waals surface area (Å²) in [7, 11) is 0. The molecule has 1 amide bonds. The Labute approximate surface area is 106 Å². The van der Waals surface area contributed by atoms with E-state index in [1.807, 2.05) is 4.90 Å². The summed E-state index contributed by atoms with van der Waals surface area (Å²) in [5.74, 6) is 1.01. The summed E-state index contributed by atoms with van der Waals surface area (Å²) >= 11 is 0. The van der Waals surface area contributed by atoms with Gasteiger partial charge < -0.3 is 10.2 Å². The molecular formula is C14H28N2O. The van der Waals surface area contributed by atoms with Gasteiger partial charge in [0, 0.05) is 32.1 Å². The van der Waals surface area contributed by atoms with Gasteiger partial charge >= 0.3 is 0 Å². The van der Waals surface area contributed by atoms with Gasteiger partial charge in [-0.25, -0.2) is 0 Å². The van der Waals surface area contributed by atoms with Crippen molar-refractivity contribution in [3.63, 3.8) is 0 Å². The maximum atomic E-state index is 11.9. The van der Waals surface area contributed by atoms with Crippen molar-refractivity contribution in [3.05, 3.63) is 0 Å². The van der Waals surface area contributed by atoms with Crippen LogP contribution in [0.25, 0.3) is 0 Å². The zero-order valence-electron chi connectivity index (χ0n) is 11.7. The van der Waals surface area contributed by atoms with Crippen molar-refractivity contribution in [1.29, 1.82) is 0 Å². The highest BCUT2D eigenvalue weighted by Gasteiger charge is 2.16. The molecule has 1 saturated heterocycles. The monoisotopic (exact) mass is 240 g/mol. The Morgan fingerprint density at radius 2 is 1.88 bits per heavy atom. The number of hydrogen-bond donors (Lipinski definition) is 1. The maximum absolute atomic E-state index is 11.9. The average molecular weight is 240 g/mol. The van der Waals surface area contributed by atoms with Crippen LogP contribution in [0.3, 0.4) is 0 Å². The molecule has 1 aliphatic rings. The van der Waals surface area contributed by atoms with Crippen molar-refractivity contribution in [2.75, 3.05) is 19.6 Å². The van der Waals surface area contributed by atoms with Crippen LogP contribution in [0.2, 0.25) is 0 Å². The van der Waals surface area contributed by atoms with Crippen molar-refractivity contribution >= 4 is 5.91 Å². The molecule has 0 aromatic carbocycles. The topological polar surface area (TPSA) is 32.3 Å². The van der Waals surface area contributed by atoms with Crippen molar-refractivity contribution in [2.24, 2.45) is 5.92 Å². The molecule has 0 saturated carbocycles. The molecule has 0 aliphatic carbocycles. The lowest BCUT2D eigenvalue weighted by atomic mass is 10.0. The molecule has 0 radical (unpaired) electrons. The van der Waals surface area contributed by atoms with Gasteiger partial charge in [0.2, 0.25) is 5.91 Å². The summed E-state index contributed by atoms with van der Waals surface area (Å²) in [4.78, 5) is 13.9. The third kappa shape index (κ3) is 5.07. The Kier molecular flexibility index (Phi) is 6.56. The van der Waals surface area contributed by atoms with Crippen LogP contribution in [0, 0.1) is 5.92 Å². The Morgan fingerprint density at radius 3 is 2.47 bits per heavy atom. The first-order valence-electron chi connectivity index (χ1n) is 7.16.